The van der Waals surface area contributed by atoms with Gasteiger partial charge in [-0.25, -0.2) is 0 Å². The monoisotopic (exact) mass is 271 g/mol. The number of nitrogens with zero attached hydrogens (tertiary/aromatic N) is 1. The van der Waals surface area contributed by atoms with E-state index in [1.165, 1.54) is 0 Å². The van der Waals surface area contributed by atoms with Gasteiger partial charge in [0.15, 0.2) is 5.82 Å². The summed E-state index contributed by atoms with van der Waals surface area (Å²) in [4.78, 5) is 11.6. The summed E-state index contributed by atoms with van der Waals surface area (Å²) in [7, 11) is 0. The number of carbonyl (C=O) groups excluding carboxylic acids is 1. The number of anilines is 1. The third-order valence-electron chi connectivity index (χ3n) is 2.82. The molecule has 2 rings (SSSR count). The predicted molar refractivity (Wildman–Crippen MR) is 61.6 cm³/mol. The molecule has 1 heterocycles. The molecule has 0 bridgehead atoms. The van der Waals surface area contributed by atoms with E-state index in [4.69, 9.17) is 0 Å². The minimum atomic E-state index is 0.0809. The van der Waals surface area contributed by atoms with Gasteiger partial charge in [-0.3, -0.25) is 9.89 Å². The Labute approximate surface area is 97.0 Å². The highest BCUT2D eigenvalue weighted by atomic mass is 79.9. The van der Waals surface area contributed by atoms with Crippen molar-refractivity contribution < 1.29 is 4.79 Å². The molecule has 1 aromatic rings. The smallest absolute Gasteiger partial charge is 0.228 e. The first-order valence-corrected chi connectivity index (χ1v) is 5.96. The Balaban J connectivity index is 2.04. The molecule has 82 valence electrons. The molecule has 1 aromatic heterocycles. The van der Waals surface area contributed by atoms with Crippen molar-refractivity contribution >= 4 is 27.7 Å². The number of aromatic amines is 1. The second-order valence-corrected chi connectivity index (χ2v) is 4.82. The topological polar surface area (TPSA) is 57.8 Å². The van der Waals surface area contributed by atoms with E-state index < -0.39 is 0 Å². The maximum Gasteiger partial charge on any atom is 0.228 e. The van der Waals surface area contributed by atoms with E-state index in [1.807, 2.05) is 6.92 Å². The van der Waals surface area contributed by atoms with Crippen LogP contribution in [-0.2, 0) is 11.2 Å². The number of amides is 1. The summed E-state index contributed by atoms with van der Waals surface area (Å²) < 4.78 is 0.867. The van der Waals surface area contributed by atoms with Gasteiger partial charge in [-0.05, 0) is 34.7 Å². The number of aryl methyl sites for hydroxylation is 1. The molecular formula is C10H14BrN3O. The van der Waals surface area contributed by atoms with Crippen LogP contribution in [0.3, 0.4) is 0 Å². The molecule has 15 heavy (non-hydrogen) atoms. The quantitative estimate of drug-likeness (QED) is 0.887. The van der Waals surface area contributed by atoms with Gasteiger partial charge in [-0.2, -0.15) is 5.10 Å². The molecule has 0 aromatic carbocycles. The first-order chi connectivity index (χ1) is 7.13. The van der Waals surface area contributed by atoms with Crippen LogP contribution in [-0.4, -0.2) is 16.1 Å². The number of carbonyl (C=O) groups is 1. The molecule has 0 saturated heterocycles. The fourth-order valence-electron chi connectivity index (χ4n) is 1.58. The predicted octanol–water partition coefficient (Wildman–Crippen LogP) is 2.33. The molecule has 0 unspecified atom stereocenters. The Morgan fingerprint density at radius 3 is 2.87 bits per heavy atom. The average molecular weight is 272 g/mol. The van der Waals surface area contributed by atoms with Crippen LogP contribution in [0.4, 0.5) is 5.82 Å². The van der Waals surface area contributed by atoms with Crippen LogP contribution in [0.2, 0.25) is 0 Å². The largest absolute Gasteiger partial charge is 0.308 e. The van der Waals surface area contributed by atoms with Gasteiger partial charge in [0.05, 0.1) is 10.2 Å². The van der Waals surface area contributed by atoms with Crippen LogP contribution >= 0.6 is 15.9 Å². The highest BCUT2D eigenvalue weighted by Gasteiger charge is 2.39. The van der Waals surface area contributed by atoms with Gasteiger partial charge in [0.25, 0.3) is 0 Å². The Kier molecular flexibility index (Phi) is 2.82. The number of hydrogen-bond donors (Lipinski definition) is 2. The average Bonchev–Trinajstić information content (AvgIpc) is 2.84. The summed E-state index contributed by atoms with van der Waals surface area (Å²) >= 11 is 3.42. The Bertz CT molecular complexity index is 388. The highest BCUT2D eigenvalue weighted by molar-refractivity contribution is 9.10. The molecule has 0 radical (unpaired) electrons. The van der Waals surface area contributed by atoms with Crippen molar-refractivity contribution in [2.45, 2.75) is 26.7 Å². The van der Waals surface area contributed by atoms with Gasteiger partial charge in [-0.1, -0.05) is 13.8 Å². The Morgan fingerprint density at radius 1 is 1.73 bits per heavy atom. The summed E-state index contributed by atoms with van der Waals surface area (Å²) in [6.45, 7) is 4.12. The third-order valence-corrected chi connectivity index (χ3v) is 3.67. The van der Waals surface area contributed by atoms with E-state index >= 15 is 0 Å². The molecular weight excluding hydrogens is 258 g/mol. The molecule has 1 fully saturated rings. The van der Waals surface area contributed by atoms with Crippen LogP contribution < -0.4 is 5.32 Å². The van der Waals surface area contributed by atoms with Crippen molar-refractivity contribution in [1.82, 2.24) is 10.2 Å². The summed E-state index contributed by atoms with van der Waals surface area (Å²) in [6.07, 6.45) is 1.86. The minimum Gasteiger partial charge on any atom is -0.308 e. The van der Waals surface area contributed by atoms with Crippen molar-refractivity contribution in [3.8, 4) is 0 Å². The first kappa shape index (κ1) is 10.7. The van der Waals surface area contributed by atoms with Gasteiger partial charge in [0, 0.05) is 5.92 Å². The molecule has 4 nitrogen and oxygen atoms in total. The third kappa shape index (κ3) is 2.07. The van der Waals surface area contributed by atoms with Crippen LogP contribution in [0.5, 0.6) is 0 Å². The number of H-pyrrole nitrogens is 1. The second-order valence-electron chi connectivity index (χ2n) is 4.03. The zero-order chi connectivity index (χ0) is 11.0. The normalized spacial score (nSPS) is 23.9. The van der Waals surface area contributed by atoms with Gasteiger partial charge >= 0.3 is 0 Å². The minimum absolute atomic E-state index is 0.0809. The van der Waals surface area contributed by atoms with E-state index in [2.05, 4.69) is 38.4 Å². The number of hydrogen-bond acceptors (Lipinski definition) is 2. The Hall–Kier alpha value is -0.840. The van der Waals surface area contributed by atoms with Crippen molar-refractivity contribution in [2.24, 2.45) is 11.8 Å². The molecule has 1 aliphatic carbocycles. The first-order valence-electron chi connectivity index (χ1n) is 5.17. The molecule has 1 saturated carbocycles. The summed E-state index contributed by atoms with van der Waals surface area (Å²) in [5.74, 6) is 1.39. The number of nitrogens with one attached hydrogen (secondary N) is 2. The van der Waals surface area contributed by atoms with Crippen LogP contribution in [0, 0.1) is 11.8 Å². The summed E-state index contributed by atoms with van der Waals surface area (Å²) in [6, 6.07) is 0. The maximum absolute atomic E-state index is 11.6. The summed E-state index contributed by atoms with van der Waals surface area (Å²) in [5.41, 5.74) is 1.01. The van der Waals surface area contributed by atoms with Gasteiger partial charge in [0.1, 0.15) is 0 Å². The SMILES string of the molecule is CCc1[nH]nc(NC(=O)[C@@H]2C[C@@H]2C)c1Br. The molecule has 5 heteroatoms. The molecule has 2 N–H and O–H groups in total. The molecule has 1 amide bonds. The number of aromatic nitrogens is 2. The summed E-state index contributed by atoms with van der Waals surface area (Å²) in [5, 5.41) is 9.78. The lowest BCUT2D eigenvalue weighted by Crippen LogP contribution is -2.15. The molecule has 1 aliphatic rings. The molecule has 0 aliphatic heterocycles. The molecule has 2 atom stereocenters. The number of rotatable bonds is 3. The lowest BCUT2D eigenvalue weighted by Gasteiger charge is -2.00. The van der Waals surface area contributed by atoms with Gasteiger partial charge in [-0.15, -0.1) is 0 Å². The zero-order valence-corrected chi connectivity index (χ0v) is 10.4. The van der Waals surface area contributed by atoms with Crippen molar-refractivity contribution in [2.75, 3.05) is 5.32 Å². The van der Waals surface area contributed by atoms with Crippen LogP contribution in [0.15, 0.2) is 4.47 Å². The van der Waals surface area contributed by atoms with Crippen molar-refractivity contribution in [1.29, 1.82) is 0 Å². The van der Waals surface area contributed by atoms with Crippen LogP contribution in [0.1, 0.15) is 26.0 Å². The highest BCUT2D eigenvalue weighted by Crippen LogP contribution is 2.38. The Morgan fingerprint density at radius 2 is 2.40 bits per heavy atom. The van der Waals surface area contributed by atoms with E-state index in [-0.39, 0.29) is 11.8 Å². The fourth-order valence-corrected chi connectivity index (χ4v) is 2.14. The number of halogens is 1. The van der Waals surface area contributed by atoms with E-state index in [0.717, 1.165) is 23.0 Å². The van der Waals surface area contributed by atoms with E-state index in [1.54, 1.807) is 0 Å². The zero-order valence-electron chi connectivity index (χ0n) is 8.80. The van der Waals surface area contributed by atoms with E-state index in [0.29, 0.717) is 11.7 Å². The lowest BCUT2D eigenvalue weighted by molar-refractivity contribution is -0.117. The van der Waals surface area contributed by atoms with Crippen molar-refractivity contribution in [3.05, 3.63) is 10.2 Å². The van der Waals surface area contributed by atoms with Gasteiger partial charge < -0.3 is 5.32 Å². The fraction of sp³-hybridized carbons (Fsp3) is 0.600. The van der Waals surface area contributed by atoms with Crippen molar-refractivity contribution in [3.63, 3.8) is 0 Å². The van der Waals surface area contributed by atoms with E-state index in [9.17, 15) is 4.79 Å². The van der Waals surface area contributed by atoms with Crippen LogP contribution in [0.25, 0.3) is 0 Å². The molecule has 0 spiro atoms. The van der Waals surface area contributed by atoms with Gasteiger partial charge in [0.2, 0.25) is 5.91 Å². The lowest BCUT2D eigenvalue weighted by atomic mass is 10.3. The maximum atomic E-state index is 11.6. The second kappa shape index (κ2) is 3.96. The standard InChI is InChI=1S/C10H14BrN3O/c1-3-7-8(11)9(14-13-7)12-10(15)6-4-5(6)2/h5-6H,3-4H2,1-2H3,(H2,12,13,14,15)/t5-,6+/m0/s1.